The number of nitrogens with one attached hydrogen (secondary N) is 1. The molecule has 5 heteroatoms. The summed E-state index contributed by atoms with van der Waals surface area (Å²) in [4.78, 5) is 0. The van der Waals surface area contributed by atoms with Gasteiger partial charge in [0.05, 0.1) is 17.9 Å². The van der Waals surface area contributed by atoms with Crippen molar-refractivity contribution in [3.05, 3.63) is 0 Å². The van der Waals surface area contributed by atoms with E-state index in [1.165, 1.54) is 0 Å². The Morgan fingerprint density at radius 1 is 1.25 bits per heavy atom. The van der Waals surface area contributed by atoms with Crippen LogP contribution >= 0.6 is 0 Å². The number of aliphatic hydroxyl groups excluding tert-OH is 1. The highest BCUT2D eigenvalue weighted by Crippen LogP contribution is 2.28. The zero-order chi connectivity index (χ0) is 12.2. The normalized spacial score (nSPS) is 21.2. The molecule has 0 atom stereocenters. The summed E-state index contributed by atoms with van der Waals surface area (Å²) in [5.41, 5.74) is -0.591. The van der Waals surface area contributed by atoms with Gasteiger partial charge in [-0.2, -0.15) is 0 Å². The fraction of sp³-hybridized carbons (Fsp3) is 1.00. The fourth-order valence-electron chi connectivity index (χ4n) is 2.33. The summed E-state index contributed by atoms with van der Waals surface area (Å²) < 4.78 is 26.4. The standard InChI is InChI=1S/C11H23NO3S/c1-10(2)8-16(14,15)12-11(9-13)6-4-3-5-7-11/h10,12-13H,3-9H2,1-2H3. The molecular formula is C11H23NO3S. The first-order chi connectivity index (χ1) is 7.39. The predicted octanol–water partition coefficient (Wildman–Crippen LogP) is 1.26. The van der Waals surface area contributed by atoms with Crippen LogP contribution in [0.2, 0.25) is 0 Å². The van der Waals surface area contributed by atoms with Gasteiger partial charge >= 0.3 is 0 Å². The highest BCUT2D eigenvalue weighted by atomic mass is 32.2. The third kappa shape index (κ3) is 4.03. The number of hydrogen-bond acceptors (Lipinski definition) is 3. The second-order valence-corrected chi connectivity index (χ2v) is 7.04. The van der Waals surface area contributed by atoms with E-state index in [9.17, 15) is 13.5 Å². The van der Waals surface area contributed by atoms with Crippen LogP contribution in [0.25, 0.3) is 0 Å². The molecule has 0 aromatic rings. The highest BCUT2D eigenvalue weighted by molar-refractivity contribution is 7.89. The van der Waals surface area contributed by atoms with Crippen LogP contribution in [0.4, 0.5) is 0 Å². The largest absolute Gasteiger partial charge is 0.394 e. The lowest BCUT2D eigenvalue weighted by atomic mass is 9.83. The van der Waals surface area contributed by atoms with Crippen molar-refractivity contribution in [2.24, 2.45) is 5.92 Å². The first kappa shape index (κ1) is 13.9. The lowest BCUT2D eigenvalue weighted by molar-refractivity contribution is 0.142. The Hall–Kier alpha value is -0.130. The maximum Gasteiger partial charge on any atom is 0.212 e. The van der Waals surface area contributed by atoms with E-state index >= 15 is 0 Å². The van der Waals surface area contributed by atoms with E-state index in [1.807, 2.05) is 13.8 Å². The summed E-state index contributed by atoms with van der Waals surface area (Å²) in [5.74, 6) is 0.242. The van der Waals surface area contributed by atoms with E-state index in [-0.39, 0.29) is 18.3 Å². The number of hydrogen-bond donors (Lipinski definition) is 2. The molecule has 2 N–H and O–H groups in total. The van der Waals surface area contributed by atoms with Crippen LogP contribution < -0.4 is 4.72 Å². The van der Waals surface area contributed by atoms with Gasteiger partial charge in [0, 0.05) is 0 Å². The molecule has 0 spiro atoms. The maximum atomic E-state index is 11.9. The minimum atomic E-state index is -3.26. The average Bonchev–Trinajstić information content (AvgIpc) is 2.16. The molecule has 0 unspecified atom stereocenters. The summed E-state index contributed by atoms with van der Waals surface area (Å²) in [6.45, 7) is 3.67. The van der Waals surface area contributed by atoms with Gasteiger partial charge in [0.2, 0.25) is 10.0 Å². The van der Waals surface area contributed by atoms with Crippen molar-refractivity contribution in [2.75, 3.05) is 12.4 Å². The minimum Gasteiger partial charge on any atom is -0.394 e. The molecule has 0 aromatic heterocycles. The number of sulfonamides is 1. The van der Waals surface area contributed by atoms with Crippen LogP contribution in [-0.4, -0.2) is 31.4 Å². The Kier molecular flexibility index (Phi) is 4.76. The van der Waals surface area contributed by atoms with Gasteiger partial charge in [-0.3, -0.25) is 0 Å². The molecule has 0 saturated heterocycles. The topological polar surface area (TPSA) is 66.4 Å². The van der Waals surface area contributed by atoms with Crippen molar-refractivity contribution in [3.8, 4) is 0 Å². The van der Waals surface area contributed by atoms with E-state index in [0.717, 1.165) is 32.1 Å². The molecule has 4 nitrogen and oxygen atoms in total. The van der Waals surface area contributed by atoms with Gasteiger partial charge in [-0.25, -0.2) is 13.1 Å². The molecule has 16 heavy (non-hydrogen) atoms. The molecule has 1 saturated carbocycles. The average molecular weight is 249 g/mol. The van der Waals surface area contributed by atoms with Gasteiger partial charge < -0.3 is 5.11 Å². The van der Waals surface area contributed by atoms with Crippen molar-refractivity contribution in [1.82, 2.24) is 4.72 Å². The first-order valence-corrected chi connectivity index (χ1v) is 7.67. The SMILES string of the molecule is CC(C)CS(=O)(=O)NC1(CO)CCCCC1. The molecule has 0 radical (unpaired) electrons. The number of aliphatic hydroxyl groups is 1. The zero-order valence-corrected chi connectivity index (χ0v) is 11.0. The van der Waals surface area contributed by atoms with Crippen molar-refractivity contribution in [2.45, 2.75) is 51.5 Å². The molecule has 1 fully saturated rings. The van der Waals surface area contributed by atoms with E-state index in [4.69, 9.17) is 0 Å². The summed E-state index contributed by atoms with van der Waals surface area (Å²) in [7, 11) is -3.26. The quantitative estimate of drug-likeness (QED) is 0.771. The van der Waals surface area contributed by atoms with E-state index < -0.39 is 15.6 Å². The van der Waals surface area contributed by atoms with Crippen LogP contribution in [-0.2, 0) is 10.0 Å². The molecule has 0 amide bonds. The lowest BCUT2D eigenvalue weighted by Gasteiger charge is -2.36. The summed E-state index contributed by atoms with van der Waals surface area (Å²) in [6.07, 6.45) is 4.62. The van der Waals surface area contributed by atoms with Gasteiger partial charge in [-0.15, -0.1) is 0 Å². The highest BCUT2D eigenvalue weighted by Gasteiger charge is 2.35. The van der Waals surface area contributed by atoms with Crippen LogP contribution in [0.15, 0.2) is 0 Å². The van der Waals surface area contributed by atoms with Crippen LogP contribution in [0, 0.1) is 5.92 Å². The second kappa shape index (κ2) is 5.47. The van der Waals surface area contributed by atoms with Crippen LogP contribution in [0.5, 0.6) is 0 Å². The van der Waals surface area contributed by atoms with Crippen molar-refractivity contribution >= 4 is 10.0 Å². The van der Waals surface area contributed by atoms with Crippen molar-refractivity contribution < 1.29 is 13.5 Å². The Labute approximate surface area is 98.5 Å². The van der Waals surface area contributed by atoms with E-state index in [0.29, 0.717) is 0 Å². The molecular weight excluding hydrogens is 226 g/mol. The Bertz CT molecular complexity index is 305. The monoisotopic (exact) mass is 249 g/mol. The maximum absolute atomic E-state index is 11.9. The summed E-state index contributed by atoms with van der Waals surface area (Å²) in [6, 6.07) is 0. The number of rotatable bonds is 5. The molecule has 0 aromatic carbocycles. The zero-order valence-electron chi connectivity index (χ0n) is 10.2. The van der Waals surface area contributed by atoms with Gasteiger partial charge in [-0.05, 0) is 18.8 Å². The van der Waals surface area contributed by atoms with Crippen molar-refractivity contribution in [3.63, 3.8) is 0 Å². The predicted molar refractivity (Wildman–Crippen MR) is 64.7 cm³/mol. The molecule has 0 bridgehead atoms. The first-order valence-electron chi connectivity index (χ1n) is 6.02. The second-order valence-electron chi connectivity index (χ2n) is 5.28. The Morgan fingerprint density at radius 3 is 2.25 bits per heavy atom. The molecule has 1 aliphatic rings. The van der Waals surface area contributed by atoms with Gasteiger partial charge in [0.25, 0.3) is 0 Å². The van der Waals surface area contributed by atoms with Gasteiger partial charge in [0.15, 0.2) is 0 Å². The fourth-order valence-corrected chi connectivity index (χ4v) is 4.22. The van der Waals surface area contributed by atoms with Crippen LogP contribution in [0.1, 0.15) is 46.0 Å². The molecule has 1 rings (SSSR count). The van der Waals surface area contributed by atoms with Gasteiger partial charge in [0.1, 0.15) is 0 Å². The molecule has 96 valence electrons. The minimum absolute atomic E-state index is 0.0929. The van der Waals surface area contributed by atoms with Crippen LogP contribution in [0.3, 0.4) is 0 Å². The Morgan fingerprint density at radius 2 is 1.81 bits per heavy atom. The van der Waals surface area contributed by atoms with Gasteiger partial charge in [-0.1, -0.05) is 33.1 Å². The lowest BCUT2D eigenvalue weighted by Crippen LogP contribution is -2.53. The third-order valence-electron chi connectivity index (χ3n) is 3.04. The molecule has 1 aliphatic carbocycles. The summed E-state index contributed by atoms with van der Waals surface area (Å²) >= 11 is 0. The smallest absolute Gasteiger partial charge is 0.212 e. The van der Waals surface area contributed by atoms with E-state index in [1.54, 1.807) is 0 Å². The summed E-state index contributed by atoms with van der Waals surface area (Å²) in [5, 5.41) is 9.41. The van der Waals surface area contributed by atoms with Crippen molar-refractivity contribution in [1.29, 1.82) is 0 Å². The molecule has 0 heterocycles. The third-order valence-corrected chi connectivity index (χ3v) is 4.89. The van der Waals surface area contributed by atoms with E-state index in [2.05, 4.69) is 4.72 Å². The molecule has 0 aliphatic heterocycles. The Balaban J connectivity index is 2.68.